The first kappa shape index (κ1) is 17.7. The summed E-state index contributed by atoms with van der Waals surface area (Å²) in [6.45, 7) is 6.56. The van der Waals surface area contributed by atoms with Crippen LogP contribution in [0, 0.1) is 17.2 Å². The number of rotatable bonds is 4. The number of nitrogens with one attached hydrogen (secondary N) is 1. The van der Waals surface area contributed by atoms with Gasteiger partial charge in [-0.2, -0.15) is 5.26 Å². The second-order valence-corrected chi connectivity index (χ2v) is 8.39. The minimum Gasteiger partial charge on any atom is -0.316 e. The van der Waals surface area contributed by atoms with Gasteiger partial charge in [-0.05, 0) is 47.8 Å². The number of nitriles is 1. The molecule has 2 aromatic rings. The van der Waals surface area contributed by atoms with E-state index in [4.69, 9.17) is 0 Å². The van der Waals surface area contributed by atoms with Crippen molar-refractivity contribution in [1.82, 2.24) is 0 Å². The normalized spacial score (nSPS) is 16.4. The zero-order valence-electron chi connectivity index (χ0n) is 15.1. The Bertz CT molecular complexity index is 812. The third kappa shape index (κ3) is 3.93. The second kappa shape index (κ2) is 7.41. The van der Waals surface area contributed by atoms with Crippen LogP contribution in [0.4, 0.5) is 5.00 Å². The van der Waals surface area contributed by atoms with E-state index in [-0.39, 0.29) is 5.91 Å². The molecule has 0 bridgehead atoms. The molecule has 0 spiro atoms. The van der Waals surface area contributed by atoms with Gasteiger partial charge in [0.15, 0.2) is 0 Å². The van der Waals surface area contributed by atoms with Crippen molar-refractivity contribution in [3.8, 4) is 6.07 Å². The zero-order valence-corrected chi connectivity index (χ0v) is 15.9. The van der Waals surface area contributed by atoms with Crippen molar-refractivity contribution in [3.05, 3.63) is 51.4 Å². The first-order chi connectivity index (χ1) is 12.0. The Hall–Kier alpha value is -2.12. The third-order valence-corrected chi connectivity index (χ3v) is 6.06. The van der Waals surface area contributed by atoms with Gasteiger partial charge in [0.2, 0.25) is 5.91 Å². The molecule has 0 radical (unpaired) electrons. The van der Waals surface area contributed by atoms with E-state index in [1.54, 1.807) is 11.3 Å². The quantitative estimate of drug-likeness (QED) is 0.837. The molecule has 1 amide bonds. The average molecular weight is 353 g/mol. The summed E-state index contributed by atoms with van der Waals surface area (Å²) >= 11 is 1.58. The Labute approximate surface area is 153 Å². The SMILES string of the molecule is CC1CCc2c(sc(NC(=O)Cc3ccc(C(C)C)cc3)c2C#N)C1. The largest absolute Gasteiger partial charge is 0.316 e. The van der Waals surface area contributed by atoms with Gasteiger partial charge in [-0.1, -0.05) is 45.0 Å². The van der Waals surface area contributed by atoms with Crippen LogP contribution in [0.3, 0.4) is 0 Å². The number of nitrogens with zero attached hydrogens (tertiary/aromatic N) is 1. The summed E-state index contributed by atoms with van der Waals surface area (Å²) in [5.74, 6) is 1.09. The third-order valence-electron chi connectivity index (χ3n) is 4.89. The van der Waals surface area contributed by atoms with Crippen molar-refractivity contribution in [2.24, 2.45) is 5.92 Å². The lowest BCUT2D eigenvalue weighted by atomic mass is 9.88. The molecule has 4 heteroatoms. The van der Waals surface area contributed by atoms with Crippen LogP contribution in [-0.2, 0) is 24.1 Å². The molecule has 1 aliphatic carbocycles. The maximum Gasteiger partial charge on any atom is 0.229 e. The van der Waals surface area contributed by atoms with Crippen molar-refractivity contribution in [2.75, 3.05) is 5.32 Å². The van der Waals surface area contributed by atoms with Crippen LogP contribution in [0.25, 0.3) is 0 Å². The first-order valence-electron chi connectivity index (χ1n) is 8.91. The molecule has 1 heterocycles. The molecule has 0 aliphatic heterocycles. The van der Waals surface area contributed by atoms with Gasteiger partial charge in [-0.25, -0.2) is 0 Å². The van der Waals surface area contributed by atoms with E-state index in [0.29, 0.717) is 23.8 Å². The van der Waals surface area contributed by atoms with Gasteiger partial charge in [-0.15, -0.1) is 11.3 Å². The Morgan fingerprint density at radius 1 is 1.36 bits per heavy atom. The fourth-order valence-corrected chi connectivity index (χ4v) is 4.71. The summed E-state index contributed by atoms with van der Waals surface area (Å²) in [6.07, 6.45) is 3.42. The Morgan fingerprint density at radius 3 is 2.72 bits per heavy atom. The van der Waals surface area contributed by atoms with Crippen molar-refractivity contribution in [2.45, 2.75) is 52.4 Å². The second-order valence-electron chi connectivity index (χ2n) is 7.29. The summed E-state index contributed by atoms with van der Waals surface area (Å²) in [5, 5.41) is 13.2. The first-order valence-corrected chi connectivity index (χ1v) is 9.73. The molecule has 0 fully saturated rings. The maximum absolute atomic E-state index is 12.4. The number of benzene rings is 1. The van der Waals surface area contributed by atoms with Gasteiger partial charge in [0.1, 0.15) is 11.1 Å². The van der Waals surface area contributed by atoms with Crippen molar-refractivity contribution in [3.63, 3.8) is 0 Å². The molecule has 0 saturated heterocycles. The van der Waals surface area contributed by atoms with Crippen LogP contribution < -0.4 is 5.32 Å². The number of carbonyl (C=O) groups excluding carboxylic acids is 1. The number of anilines is 1. The van der Waals surface area contributed by atoms with Crippen LogP contribution in [0.5, 0.6) is 0 Å². The lowest BCUT2D eigenvalue weighted by Gasteiger charge is -2.17. The number of thiophene rings is 1. The zero-order chi connectivity index (χ0) is 18.0. The van der Waals surface area contributed by atoms with E-state index in [9.17, 15) is 10.1 Å². The summed E-state index contributed by atoms with van der Waals surface area (Å²) in [7, 11) is 0. The molecule has 3 rings (SSSR count). The highest BCUT2D eigenvalue weighted by molar-refractivity contribution is 7.16. The van der Waals surface area contributed by atoms with Crippen LogP contribution in [0.2, 0.25) is 0 Å². The average Bonchev–Trinajstić information content (AvgIpc) is 2.90. The number of amides is 1. The van der Waals surface area contributed by atoms with Gasteiger partial charge in [-0.3, -0.25) is 4.79 Å². The summed E-state index contributed by atoms with van der Waals surface area (Å²) < 4.78 is 0. The molecular weight excluding hydrogens is 328 g/mol. The van der Waals surface area contributed by atoms with Gasteiger partial charge in [0.25, 0.3) is 0 Å². The molecule has 1 aromatic heterocycles. The Balaban J connectivity index is 1.72. The standard InChI is InChI=1S/C21H24N2OS/c1-13(2)16-7-5-15(6-8-16)11-20(24)23-21-18(12-22)17-9-4-14(3)10-19(17)25-21/h5-8,13-14H,4,9-11H2,1-3H3,(H,23,24). The maximum atomic E-state index is 12.4. The molecule has 1 unspecified atom stereocenters. The van der Waals surface area contributed by atoms with Gasteiger partial charge in [0.05, 0.1) is 12.0 Å². The molecule has 1 aliphatic rings. The smallest absolute Gasteiger partial charge is 0.229 e. The van der Waals surface area contributed by atoms with Crippen LogP contribution >= 0.6 is 11.3 Å². The van der Waals surface area contributed by atoms with Gasteiger partial charge < -0.3 is 5.32 Å². The lowest BCUT2D eigenvalue weighted by molar-refractivity contribution is -0.115. The van der Waals surface area contributed by atoms with E-state index in [1.807, 2.05) is 12.1 Å². The fraction of sp³-hybridized carbons (Fsp3) is 0.429. The molecule has 130 valence electrons. The number of carbonyl (C=O) groups is 1. The Morgan fingerprint density at radius 2 is 2.08 bits per heavy atom. The molecule has 3 nitrogen and oxygen atoms in total. The summed E-state index contributed by atoms with van der Waals surface area (Å²) in [6, 6.07) is 10.5. The predicted octanol–water partition coefficient (Wildman–Crippen LogP) is 5.05. The van der Waals surface area contributed by atoms with Gasteiger partial charge in [0, 0.05) is 4.88 Å². The summed E-state index contributed by atoms with van der Waals surface area (Å²) in [4.78, 5) is 13.7. The summed E-state index contributed by atoms with van der Waals surface area (Å²) in [5.41, 5.74) is 4.10. The van der Waals surface area contributed by atoms with Crippen molar-refractivity contribution >= 4 is 22.2 Å². The molecule has 1 aromatic carbocycles. The van der Waals surface area contributed by atoms with Crippen molar-refractivity contribution < 1.29 is 4.79 Å². The predicted molar refractivity (Wildman–Crippen MR) is 103 cm³/mol. The van der Waals surface area contributed by atoms with E-state index >= 15 is 0 Å². The van der Waals surface area contributed by atoms with E-state index in [1.165, 1.54) is 10.4 Å². The minimum atomic E-state index is -0.0551. The molecule has 1 N–H and O–H groups in total. The van der Waals surface area contributed by atoms with Gasteiger partial charge >= 0.3 is 0 Å². The highest BCUT2D eigenvalue weighted by Crippen LogP contribution is 2.39. The number of hydrogen-bond donors (Lipinski definition) is 1. The minimum absolute atomic E-state index is 0.0551. The fourth-order valence-electron chi connectivity index (χ4n) is 3.33. The molecule has 1 atom stereocenters. The lowest BCUT2D eigenvalue weighted by Crippen LogP contribution is -2.14. The topological polar surface area (TPSA) is 52.9 Å². The molecule has 0 saturated carbocycles. The van der Waals surface area contributed by atoms with Crippen molar-refractivity contribution in [1.29, 1.82) is 5.26 Å². The monoisotopic (exact) mass is 352 g/mol. The van der Waals surface area contributed by atoms with Crippen LogP contribution in [0.15, 0.2) is 24.3 Å². The number of hydrogen-bond acceptors (Lipinski definition) is 3. The van der Waals surface area contributed by atoms with E-state index < -0.39 is 0 Å². The van der Waals surface area contributed by atoms with Crippen LogP contribution in [-0.4, -0.2) is 5.91 Å². The molecule has 25 heavy (non-hydrogen) atoms. The highest BCUT2D eigenvalue weighted by Gasteiger charge is 2.24. The van der Waals surface area contributed by atoms with Crippen LogP contribution in [0.1, 0.15) is 60.2 Å². The van der Waals surface area contributed by atoms with E-state index in [2.05, 4.69) is 44.3 Å². The highest BCUT2D eigenvalue weighted by atomic mass is 32.1. The molecular formula is C21H24N2OS. The van der Waals surface area contributed by atoms with E-state index in [0.717, 1.165) is 35.4 Å². The number of fused-ring (bicyclic) bond motifs is 1. The Kier molecular flexibility index (Phi) is 5.24.